The van der Waals surface area contributed by atoms with Crippen LogP contribution >= 0.6 is 0 Å². The van der Waals surface area contributed by atoms with Gasteiger partial charge < -0.3 is 29.5 Å². The average molecular weight is 604 g/mol. The number of sulfonamides is 1. The van der Waals surface area contributed by atoms with Crippen molar-refractivity contribution in [2.45, 2.75) is 44.7 Å². The highest BCUT2D eigenvalue weighted by molar-refractivity contribution is 7.92. The zero-order valence-electron chi connectivity index (χ0n) is 23.9. The predicted octanol–water partition coefficient (Wildman–Crippen LogP) is 3.62. The van der Waals surface area contributed by atoms with Crippen molar-refractivity contribution in [3.63, 3.8) is 0 Å². The van der Waals surface area contributed by atoms with Gasteiger partial charge in [-0.3, -0.25) is 9.52 Å². The van der Waals surface area contributed by atoms with E-state index in [4.69, 9.17) is 9.26 Å². The number of anilines is 2. The summed E-state index contributed by atoms with van der Waals surface area (Å²) in [6.45, 7) is 6.47. The minimum Gasteiger partial charge on any atom is -0.485 e. The second kappa shape index (κ2) is 12.4. The van der Waals surface area contributed by atoms with Crippen LogP contribution in [-0.2, 0) is 10.0 Å². The molecule has 0 fully saturated rings. The van der Waals surface area contributed by atoms with Crippen LogP contribution in [0.25, 0.3) is 0 Å². The molecule has 0 saturated heterocycles. The Labute approximate surface area is 243 Å². The number of rotatable bonds is 8. The van der Waals surface area contributed by atoms with Gasteiger partial charge in [-0.2, -0.15) is 0 Å². The van der Waals surface area contributed by atoms with Gasteiger partial charge in [0.1, 0.15) is 17.6 Å². The second-order valence-electron chi connectivity index (χ2n) is 10.4. The van der Waals surface area contributed by atoms with Gasteiger partial charge >= 0.3 is 6.03 Å². The maximum Gasteiger partial charge on any atom is 0.321 e. The van der Waals surface area contributed by atoms with Gasteiger partial charge in [-0.25, -0.2) is 17.6 Å². The van der Waals surface area contributed by atoms with Gasteiger partial charge in [-0.15, -0.1) is 0 Å². The molecule has 0 spiro atoms. The fourth-order valence-corrected chi connectivity index (χ4v) is 6.09. The van der Waals surface area contributed by atoms with E-state index in [1.165, 1.54) is 66.1 Å². The van der Waals surface area contributed by atoms with E-state index in [0.717, 1.165) is 0 Å². The molecule has 42 heavy (non-hydrogen) atoms. The van der Waals surface area contributed by atoms with E-state index in [0.29, 0.717) is 5.69 Å². The number of urea groups is 1. The van der Waals surface area contributed by atoms with Crippen molar-refractivity contribution in [2.75, 3.05) is 36.8 Å². The first-order chi connectivity index (χ1) is 19.8. The molecule has 0 unspecified atom stereocenters. The number of carbonyl (C=O) groups is 2. The van der Waals surface area contributed by atoms with Crippen molar-refractivity contribution in [2.24, 2.45) is 5.92 Å². The number of aliphatic hydroxyl groups is 1. The van der Waals surface area contributed by atoms with Crippen LogP contribution in [0, 0.1) is 25.6 Å². The highest BCUT2D eigenvalue weighted by Gasteiger charge is 2.36. The quantitative estimate of drug-likeness (QED) is 0.353. The highest BCUT2D eigenvalue weighted by atomic mass is 32.2. The summed E-state index contributed by atoms with van der Waals surface area (Å²) in [6.07, 6.45) is -0.709. The lowest BCUT2D eigenvalue weighted by Gasteiger charge is -2.38. The first kappa shape index (κ1) is 30.8. The van der Waals surface area contributed by atoms with Crippen LogP contribution in [0.4, 0.5) is 20.6 Å². The summed E-state index contributed by atoms with van der Waals surface area (Å²) in [5.74, 6) is -1.16. The fourth-order valence-electron chi connectivity index (χ4n) is 4.70. The standard InChI is InChI=1S/C28H34FN5O7S/c1-16-13-34(17(2)15-35)27(36)22-7-6-8-23(32-42(38,39)26-18(3)31-41-19(26)4)25(22)40-24(16)14-33(5)28(37)30-21-11-9-20(29)10-12-21/h6-12,16-17,24,32,35H,13-15H2,1-5H3,(H,30,37)/t16-,17+,24-/m0/s1. The van der Waals surface area contributed by atoms with Crippen LogP contribution in [-0.4, -0.2) is 79.3 Å². The molecule has 0 saturated carbocycles. The molecule has 1 aliphatic rings. The van der Waals surface area contributed by atoms with Crippen LogP contribution in [0.1, 0.15) is 35.7 Å². The van der Waals surface area contributed by atoms with Crippen molar-refractivity contribution in [1.29, 1.82) is 0 Å². The number of fused-ring (bicyclic) bond motifs is 1. The predicted molar refractivity (Wildman–Crippen MR) is 152 cm³/mol. The molecule has 1 aromatic heterocycles. The number of aliphatic hydroxyl groups excluding tert-OH is 1. The molecule has 1 aliphatic heterocycles. The third kappa shape index (κ3) is 6.49. The van der Waals surface area contributed by atoms with E-state index in [-0.39, 0.29) is 59.0 Å². The Hall–Kier alpha value is -4.17. The topological polar surface area (TPSA) is 154 Å². The summed E-state index contributed by atoms with van der Waals surface area (Å²) < 4.78 is 54.0. The SMILES string of the molecule is Cc1noc(C)c1S(=O)(=O)Nc1cccc2c1O[C@@H](CN(C)C(=O)Nc1ccc(F)cc1)[C@@H](C)CN([C@H](C)CO)C2=O. The summed E-state index contributed by atoms with van der Waals surface area (Å²) in [5, 5.41) is 16.3. The van der Waals surface area contributed by atoms with Crippen LogP contribution in [0.15, 0.2) is 51.9 Å². The normalized spacial score (nSPS) is 17.9. The number of carbonyl (C=O) groups excluding carboxylic acids is 2. The summed E-state index contributed by atoms with van der Waals surface area (Å²) in [6, 6.07) is 8.80. The van der Waals surface area contributed by atoms with E-state index < -0.39 is 39.9 Å². The minimum atomic E-state index is -4.20. The molecule has 0 bridgehead atoms. The summed E-state index contributed by atoms with van der Waals surface area (Å²) in [4.78, 5) is 29.4. The highest BCUT2D eigenvalue weighted by Crippen LogP contribution is 2.36. The number of aromatic nitrogens is 1. The van der Waals surface area contributed by atoms with E-state index in [1.807, 2.05) is 6.92 Å². The minimum absolute atomic E-state index is 0.00923. The van der Waals surface area contributed by atoms with Gasteiger partial charge in [0.25, 0.3) is 15.9 Å². The van der Waals surface area contributed by atoms with Crippen molar-refractivity contribution in [3.05, 3.63) is 65.3 Å². The number of nitrogens with one attached hydrogen (secondary N) is 2. The molecular formula is C28H34FN5O7S. The van der Waals surface area contributed by atoms with E-state index in [2.05, 4.69) is 15.2 Å². The van der Waals surface area contributed by atoms with E-state index in [1.54, 1.807) is 14.0 Å². The molecule has 3 atom stereocenters. The maximum atomic E-state index is 13.7. The number of benzene rings is 2. The van der Waals surface area contributed by atoms with Crippen molar-refractivity contribution in [3.8, 4) is 5.75 Å². The van der Waals surface area contributed by atoms with E-state index >= 15 is 0 Å². The third-order valence-corrected chi connectivity index (χ3v) is 8.68. The monoisotopic (exact) mass is 603 g/mol. The van der Waals surface area contributed by atoms with Crippen LogP contribution in [0.3, 0.4) is 0 Å². The smallest absolute Gasteiger partial charge is 0.321 e. The molecule has 2 heterocycles. The Morgan fingerprint density at radius 1 is 1.24 bits per heavy atom. The van der Waals surface area contributed by atoms with Gasteiger partial charge in [0, 0.05) is 25.2 Å². The molecule has 4 rings (SSSR count). The molecule has 3 N–H and O–H groups in total. The van der Waals surface area contributed by atoms with Crippen LogP contribution in [0.5, 0.6) is 5.75 Å². The zero-order valence-corrected chi connectivity index (χ0v) is 24.7. The second-order valence-corrected chi connectivity index (χ2v) is 12.0. The third-order valence-electron chi connectivity index (χ3n) is 7.07. The molecule has 226 valence electrons. The Morgan fingerprint density at radius 2 is 1.93 bits per heavy atom. The lowest BCUT2D eigenvalue weighted by molar-refractivity contribution is 0.0373. The lowest BCUT2D eigenvalue weighted by atomic mass is 9.99. The average Bonchev–Trinajstić information content (AvgIpc) is 3.29. The number of nitrogens with zero attached hydrogens (tertiary/aromatic N) is 3. The molecular weight excluding hydrogens is 569 g/mol. The Morgan fingerprint density at radius 3 is 2.55 bits per heavy atom. The van der Waals surface area contributed by atoms with Gasteiger partial charge in [-0.1, -0.05) is 18.1 Å². The van der Waals surface area contributed by atoms with Gasteiger partial charge in [-0.05, 0) is 57.2 Å². The first-order valence-corrected chi connectivity index (χ1v) is 14.8. The number of amides is 3. The lowest BCUT2D eigenvalue weighted by Crippen LogP contribution is -2.50. The summed E-state index contributed by atoms with van der Waals surface area (Å²) >= 11 is 0. The number of halogens is 1. The molecule has 2 aromatic carbocycles. The van der Waals surface area contributed by atoms with Gasteiger partial charge in [0.15, 0.2) is 16.4 Å². The number of aryl methyl sites for hydroxylation is 2. The number of ether oxygens (including phenoxy) is 1. The van der Waals surface area contributed by atoms with Crippen LogP contribution in [0.2, 0.25) is 0 Å². The zero-order chi connectivity index (χ0) is 30.8. The molecule has 0 radical (unpaired) electrons. The van der Waals surface area contributed by atoms with Gasteiger partial charge in [0.2, 0.25) is 0 Å². The molecule has 3 aromatic rings. The largest absolute Gasteiger partial charge is 0.485 e. The van der Waals surface area contributed by atoms with Crippen molar-refractivity contribution >= 4 is 33.3 Å². The first-order valence-electron chi connectivity index (χ1n) is 13.3. The summed E-state index contributed by atoms with van der Waals surface area (Å²) in [7, 11) is -2.64. The Kier molecular flexibility index (Phi) is 9.06. The van der Waals surface area contributed by atoms with Crippen molar-refractivity contribution in [1.82, 2.24) is 15.0 Å². The molecule has 12 nitrogen and oxygen atoms in total. The Bertz CT molecular complexity index is 1540. The fraction of sp³-hybridized carbons (Fsp3) is 0.393. The maximum absolute atomic E-state index is 13.7. The van der Waals surface area contributed by atoms with Crippen molar-refractivity contribution < 1.29 is 36.8 Å². The van der Waals surface area contributed by atoms with Crippen LogP contribution < -0.4 is 14.8 Å². The summed E-state index contributed by atoms with van der Waals surface area (Å²) in [5.41, 5.74) is 0.661. The number of para-hydroxylation sites is 1. The molecule has 3 amide bonds. The Balaban J connectivity index is 1.70. The molecule has 0 aliphatic carbocycles. The number of likely N-dealkylation sites (N-methyl/N-ethyl adjacent to an activating group) is 1. The molecule has 14 heteroatoms. The number of hydrogen-bond acceptors (Lipinski definition) is 8. The van der Waals surface area contributed by atoms with Gasteiger partial charge in [0.05, 0.1) is 30.4 Å². The van der Waals surface area contributed by atoms with E-state index in [9.17, 15) is 27.5 Å². The number of hydrogen-bond donors (Lipinski definition) is 3.